The SMILES string of the molecule is CCOC(=O)CC(c1ccccc1)N1CC(=O)N(c2ccccc2)c2ccc(C#Cc3cccc(C#N)c3)cc2C1=O. The molecule has 4 aromatic rings. The fraction of sp³-hybridized carbons (Fsp3) is 0.143. The van der Waals surface area contributed by atoms with Crippen molar-refractivity contribution in [2.75, 3.05) is 18.1 Å². The predicted octanol–water partition coefficient (Wildman–Crippen LogP) is 5.77. The molecule has 7 nitrogen and oxygen atoms in total. The molecule has 0 N–H and O–H groups in total. The van der Waals surface area contributed by atoms with Gasteiger partial charge in [-0.1, -0.05) is 66.4 Å². The van der Waals surface area contributed by atoms with Crippen LogP contribution in [0.1, 0.15) is 52.0 Å². The third kappa shape index (κ3) is 6.06. The Kier molecular flexibility index (Phi) is 8.42. The number of anilines is 2. The van der Waals surface area contributed by atoms with Gasteiger partial charge in [0.25, 0.3) is 11.8 Å². The lowest BCUT2D eigenvalue weighted by Gasteiger charge is -2.30. The van der Waals surface area contributed by atoms with Crippen LogP contribution in [0.3, 0.4) is 0 Å². The second-order valence-electron chi connectivity index (χ2n) is 9.61. The Morgan fingerprint density at radius 3 is 2.21 bits per heavy atom. The highest BCUT2D eigenvalue weighted by molar-refractivity contribution is 6.13. The van der Waals surface area contributed by atoms with E-state index in [9.17, 15) is 19.6 Å². The van der Waals surface area contributed by atoms with Crippen LogP contribution in [0.2, 0.25) is 0 Å². The molecule has 1 atom stereocenters. The smallest absolute Gasteiger partial charge is 0.308 e. The molecule has 0 aromatic heterocycles. The first kappa shape index (κ1) is 27.9. The van der Waals surface area contributed by atoms with Gasteiger partial charge in [-0.15, -0.1) is 0 Å². The minimum atomic E-state index is -0.728. The molecule has 2 amide bonds. The molecule has 7 heteroatoms. The van der Waals surface area contributed by atoms with Gasteiger partial charge in [-0.3, -0.25) is 19.3 Å². The van der Waals surface area contributed by atoms with Crippen LogP contribution in [-0.2, 0) is 14.3 Å². The molecule has 5 rings (SSSR count). The van der Waals surface area contributed by atoms with Gasteiger partial charge in [-0.05, 0) is 61.0 Å². The Balaban J connectivity index is 1.63. The van der Waals surface area contributed by atoms with Crippen LogP contribution in [0, 0.1) is 23.2 Å². The Bertz CT molecular complexity index is 1730. The van der Waals surface area contributed by atoms with Crippen LogP contribution >= 0.6 is 0 Å². The van der Waals surface area contributed by atoms with E-state index in [1.54, 1.807) is 49.4 Å². The summed E-state index contributed by atoms with van der Waals surface area (Å²) in [6, 6.07) is 31.8. The molecule has 0 saturated carbocycles. The first-order valence-electron chi connectivity index (χ1n) is 13.5. The molecule has 1 heterocycles. The van der Waals surface area contributed by atoms with Crippen molar-refractivity contribution in [3.63, 3.8) is 0 Å². The lowest BCUT2D eigenvalue weighted by molar-refractivity contribution is -0.144. The van der Waals surface area contributed by atoms with Crippen molar-refractivity contribution in [2.24, 2.45) is 0 Å². The van der Waals surface area contributed by atoms with E-state index < -0.39 is 17.9 Å². The van der Waals surface area contributed by atoms with Gasteiger partial charge in [0.1, 0.15) is 6.54 Å². The first-order chi connectivity index (χ1) is 20.5. The zero-order chi connectivity index (χ0) is 29.5. The Morgan fingerprint density at radius 1 is 0.857 bits per heavy atom. The van der Waals surface area contributed by atoms with E-state index in [1.807, 2.05) is 60.7 Å². The summed E-state index contributed by atoms with van der Waals surface area (Å²) >= 11 is 0. The molecule has 1 aliphatic rings. The molecule has 206 valence electrons. The number of carbonyl (C=O) groups is 3. The minimum Gasteiger partial charge on any atom is -0.466 e. The topological polar surface area (TPSA) is 90.7 Å². The van der Waals surface area contributed by atoms with E-state index in [1.165, 1.54) is 9.80 Å². The summed E-state index contributed by atoms with van der Waals surface area (Å²) in [5, 5.41) is 9.21. The number of para-hydroxylation sites is 1. The quantitative estimate of drug-likeness (QED) is 0.223. The number of ether oxygens (including phenoxy) is 1. The van der Waals surface area contributed by atoms with E-state index in [2.05, 4.69) is 17.9 Å². The number of hydrogen-bond acceptors (Lipinski definition) is 5. The van der Waals surface area contributed by atoms with Gasteiger partial charge in [0, 0.05) is 16.8 Å². The first-order valence-corrected chi connectivity index (χ1v) is 13.5. The third-order valence-corrected chi connectivity index (χ3v) is 6.87. The van der Waals surface area contributed by atoms with Crippen molar-refractivity contribution in [3.8, 4) is 17.9 Å². The van der Waals surface area contributed by atoms with Crippen molar-refractivity contribution < 1.29 is 19.1 Å². The number of rotatable bonds is 6. The summed E-state index contributed by atoms with van der Waals surface area (Å²) in [7, 11) is 0. The lowest BCUT2D eigenvalue weighted by Crippen LogP contribution is -2.41. The molecular formula is C35H27N3O4. The lowest BCUT2D eigenvalue weighted by atomic mass is 10.00. The van der Waals surface area contributed by atoms with Crippen molar-refractivity contribution in [2.45, 2.75) is 19.4 Å². The van der Waals surface area contributed by atoms with Crippen LogP contribution < -0.4 is 4.90 Å². The van der Waals surface area contributed by atoms with Crippen molar-refractivity contribution in [1.82, 2.24) is 4.90 Å². The van der Waals surface area contributed by atoms with Gasteiger partial charge in [-0.2, -0.15) is 5.26 Å². The van der Waals surface area contributed by atoms with E-state index in [0.717, 1.165) is 5.56 Å². The molecule has 0 bridgehead atoms. The number of carbonyl (C=O) groups excluding carboxylic acids is 3. The molecule has 0 aliphatic carbocycles. The Hall–Kier alpha value is -5.66. The van der Waals surface area contributed by atoms with Crippen molar-refractivity contribution in [3.05, 3.63) is 131 Å². The average molecular weight is 554 g/mol. The summed E-state index contributed by atoms with van der Waals surface area (Å²) in [4.78, 5) is 43.9. The molecule has 1 unspecified atom stereocenters. The molecular weight excluding hydrogens is 526 g/mol. The average Bonchev–Trinajstić information content (AvgIpc) is 3.13. The normalized spacial score (nSPS) is 13.2. The fourth-order valence-electron chi connectivity index (χ4n) is 4.94. The second kappa shape index (κ2) is 12.7. The maximum absolute atomic E-state index is 14.3. The summed E-state index contributed by atoms with van der Waals surface area (Å²) in [6.07, 6.45) is -0.105. The molecule has 1 aliphatic heterocycles. The minimum absolute atomic E-state index is 0.105. The largest absolute Gasteiger partial charge is 0.466 e. The number of nitrogens with zero attached hydrogens (tertiary/aromatic N) is 3. The zero-order valence-electron chi connectivity index (χ0n) is 23.0. The van der Waals surface area contributed by atoms with Crippen molar-refractivity contribution in [1.29, 1.82) is 5.26 Å². The van der Waals surface area contributed by atoms with E-state index in [-0.39, 0.29) is 31.0 Å². The zero-order valence-corrected chi connectivity index (χ0v) is 23.0. The monoisotopic (exact) mass is 553 g/mol. The number of benzene rings is 4. The van der Waals surface area contributed by atoms with Gasteiger partial charge in [0.15, 0.2) is 0 Å². The molecule has 4 aromatic carbocycles. The van der Waals surface area contributed by atoms with Gasteiger partial charge in [-0.25, -0.2) is 0 Å². The van der Waals surface area contributed by atoms with Crippen LogP contribution in [0.5, 0.6) is 0 Å². The number of fused-ring (bicyclic) bond motifs is 1. The van der Waals surface area contributed by atoms with Crippen LogP contribution in [-0.4, -0.2) is 35.8 Å². The molecule has 0 spiro atoms. The fourth-order valence-corrected chi connectivity index (χ4v) is 4.94. The number of nitriles is 1. The van der Waals surface area contributed by atoms with Gasteiger partial charge < -0.3 is 9.64 Å². The van der Waals surface area contributed by atoms with Crippen molar-refractivity contribution >= 4 is 29.2 Å². The van der Waals surface area contributed by atoms with E-state index in [0.29, 0.717) is 28.1 Å². The highest BCUT2D eigenvalue weighted by Crippen LogP contribution is 2.36. The summed E-state index contributed by atoms with van der Waals surface area (Å²) < 4.78 is 5.24. The predicted molar refractivity (Wildman–Crippen MR) is 159 cm³/mol. The standard InChI is InChI=1S/C35H27N3O4/c1-2-42-34(40)22-32(28-12-5-3-6-13-28)37-24-33(39)38(29-14-7-4-8-15-29)31-19-18-26(21-30(31)35(37)41)17-16-25-10-9-11-27(20-25)23-36/h3-15,18-21,32H,2,22,24H2,1H3. The summed E-state index contributed by atoms with van der Waals surface area (Å²) in [5.41, 5.74) is 3.78. The highest BCUT2D eigenvalue weighted by atomic mass is 16.5. The van der Waals surface area contributed by atoms with Crippen LogP contribution in [0.4, 0.5) is 11.4 Å². The molecule has 0 saturated heterocycles. The third-order valence-electron chi connectivity index (χ3n) is 6.87. The highest BCUT2D eigenvalue weighted by Gasteiger charge is 2.37. The molecule has 0 fully saturated rings. The number of esters is 1. The maximum atomic E-state index is 14.3. The molecule has 42 heavy (non-hydrogen) atoms. The second-order valence-corrected chi connectivity index (χ2v) is 9.61. The number of hydrogen-bond donors (Lipinski definition) is 0. The van der Waals surface area contributed by atoms with Gasteiger partial charge in [0.05, 0.1) is 42.0 Å². The van der Waals surface area contributed by atoms with E-state index >= 15 is 0 Å². The van der Waals surface area contributed by atoms with Crippen LogP contribution in [0.15, 0.2) is 103 Å². The van der Waals surface area contributed by atoms with Crippen LogP contribution in [0.25, 0.3) is 0 Å². The summed E-state index contributed by atoms with van der Waals surface area (Å²) in [6.45, 7) is 1.68. The van der Waals surface area contributed by atoms with Gasteiger partial charge in [0.2, 0.25) is 0 Å². The van der Waals surface area contributed by atoms with E-state index in [4.69, 9.17) is 4.74 Å². The van der Waals surface area contributed by atoms with Gasteiger partial charge >= 0.3 is 5.97 Å². The summed E-state index contributed by atoms with van der Waals surface area (Å²) in [5.74, 6) is 4.97. The maximum Gasteiger partial charge on any atom is 0.308 e. The molecule has 0 radical (unpaired) electrons. The number of amides is 2. The Labute approximate surface area is 244 Å². The Morgan fingerprint density at radius 2 is 1.52 bits per heavy atom.